The number of quaternary nitrogens is 1. The first-order chi connectivity index (χ1) is 12.5. The molecule has 138 valence electrons. The first-order valence-electron chi connectivity index (χ1n) is 9.50. The Balaban J connectivity index is 1.47. The number of hydrogen-bond donors (Lipinski definition) is 2. The van der Waals surface area contributed by atoms with E-state index in [0.29, 0.717) is 13.1 Å². The molecule has 3 rings (SSSR count). The van der Waals surface area contributed by atoms with Gasteiger partial charge in [0.25, 0.3) is 5.91 Å². The molecule has 1 heterocycles. The molecule has 1 amide bonds. The molecule has 0 saturated carbocycles. The second kappa shape index (κ2) is 8.37. The van der Waals surface area contributed by atoms with Crippen molar-refractivity contribution in [2.75, 3.05) is 37.6 Å². The van der Waals surface area contributed by atoms with Crippen molar-refractivity contribution in [2.45, 2.75) is 27.3 Å². The van der Waals surface area contributed by atoms with Crippen LogP contribution in [-0.4, -0.2) is 38.6 Å². The minimum absolute atomic E-state index is 0.142. The van der Waals surface area contributed by atoms with Crippen LogP contribution in [0.3, 0.4) is 0 Å². The van der Waals surface area contributed by atoms with Crippen LogP contribution in [0.5, 0.6) is 0 Å². The maximum absolute atomic E-state index is 12.3. The van der Waals surface area contributed by atoms with Crippen LogP contribution in [0.25, 0.3) is 0 Å². The molecule has 0 spiro atoms. The topological polar surface area (TPSA) is 36.8 Å². The summed E-state index contributed by atoms with van der Waals surface area (Å²) in [7, 11) is 0. The van der Waals surface area contributed by atoms with Crippen LogP contribution in [0.1, 0.15) is 22.3 Å². The maximum Gasteiger partial charge on any atom is 0.275 e. The molecule has 1 saturated heterocycles. The summed E-state index contributed by atoms with van der Waals surface area (Å²) in [5.41, 5.74) is 6.46. The molecule has 2 aromatic carbocycles. The Bertz CT molecular complexity index is 764. The summed E-state index contributed by atoms with van der Waals surface area (Å²) in [6.45, 7) is 11.6. The van der Waals surface area contributed by atoms with Gasteiger partial charge in [0.15, 0.2) is 6.54 Å². The molecule has 2 N–H and O–H groups in total. The predicted molar refractivity (Wildman–Crippen MR) is 107 cm³/mol. The smallest absolute Gasteiger partial charge is 0.275 e. The molecule has 0 aliphatic carbocycles. The van der Waals surface area contributed by atoms with Gasteiger partial charge in [0, 0.05) is 12.2 Å². The van der Waals surface area contributed by atoms with E-state index in [1.54, 1.807) is 0 Å². The Labute approximate surface area is 156 Å². The number of rotatable bonds is 5. The molecule has 4 heteroatoms. The Kier molecular flexibility index (Phi) is 5.94. The summed E-state index contributed by atoms with van der Waals surface area (Å²) in [6, 6.07) is 14.7. The Morgan fingerprint density at radius 1 is 1.00 bits per heavy atom. The van der Waals surface area contributed by atoms with Crippen molar-refractivity contribution in [3.8, 4) is 0 Å². The van der Waals surface area contributed by atoms with E-state index in [1.165, 1.54) is 32.8 Å². The van der Waals surface area contributed by atoms with Crippen LogP contribution in [-0.2, 0) is 11.3 Å². The Morgan fingerprint density at radius 3 is 2.42 bits per heavy atom. The van der Waals surface area contributed by atoms with Crippen molar-refractivity contribution in [3.63, 3.8) is 0 Å². The highest BCUT2D eigenvalue weighted by Crippen LogP contribution is 2.22. The highest BCUT2D eigenvalue weighted by molar-refractivity contribution is 5.76. The first kappa shape index (κ1) is 18.5. The van der Waals surface area contributed by atoms with E-state index in [0.717, 1.165) is 26.2 Å². The predicted octanol–water partition coefficient (Wildman–Crippen LogP) is 1.63. The van der Waals surface area contributed by atoms with Crippen molar-refractivity contribution in [3.05, 3.63) is 64.7 Å². The Morgan fingerprint density at radius 2 is 1.69 bits per heavy atom. The molecular weight excluding hydrogens is 322 g/mol. The molecule has 2 aromatic rings. The molecule has 0 aromatic heterocycles. The lowest BCUT2D eigenvalue weighted by atomic mass is 10.1. The Hall–Kier alpha value is -2.33. The largest absolute Gasteiger partial charge is 0.360 e. The van der Waals surface area contributed by atoms with Gasteiger partial charge in [-0.1, -0.05) is 36.4 Å². The van der Waals surface area contributed by atoms with Gasteiger partial charge >= 0.3 is 0 Å². The van der Waals surface area contributed by atoms with Crippen LogP contribution in [0.2, 0.25) is 0 Å². The lowest BCUT2D eigenvalue weighted by Crippen LogP contribution is -3.15. The van der Waals surface area contributed by atoms with Crippen LogP contribution in [0, 0.1) is 20.8 Å². The zero-order valence-corrected chi connectivity index (χ0v) is 16.1. The van der Waals surface area contributed by atoms with Gasteiger partial charge in [-0.2, -0.15) is 0 Å². The van der Waals surface area contributed by atoms with Crippen LogP contribution >= 0.6 is 0 Å². The lowest BCUT2D eigenvalue weighted by Gasteiger charge is -2.34. The normalized spacial score (nSPS) is 15.1. The molecule has 0 bridgehead atoms. The number of benzene rings is 2. The molecule has 4 nitrogen and oxygen atoms in total. The van der Waals surface area contributed by atoms with E-state index < -0.39 is 0 Å². The molecule has 0 unspecified atom stereocenters. The third kappa shape index (κ3) is 4.44. The zero-order valence-electron chi connectivity index (χ0n) is 16.1. The van der Waals surface area contributed by atoms with Crippen molar-refractivity contribution in [2.24, 2.45) is 0 Å². The van der Waals surface area contributed by atoms with Crippen molar-refractivity contribution in [1.82, 2.24) is 5.32 Å². The number of carbonyl (C=O) groups is 1. The summed E-state index contributed by atoms with van der Waals surface area (Å²) in [6.07, 6.45) is 0. The molecule has 0 radical (unpaired) electrons. The van der Waals surface area contributed by atoms with Gasteiger partial charge in [-0.05, 0) is 49.1 Å². The minimum atomic E-state index is 0.142. The number of piperazine rings is 1. The number of anilines is 1. The van der Waals surface area contributed by atoms with E-state index in [2.05, 4.69) is 61.3 Å². The van der Waals surface area contributed by atoms with E-state index in [9.17, 15) is 4.79 Å². The number of aryl methyl sites for hydroxylation is 2. The van der Waals surface area contributed by atoms with Crippen molar-refractivity contribution in [1.29, 1.82) is 0 Å². The van der Waals surface area contributed by atoms with Crippen LogP contribution in [0.4, 0.5) is 5.69 Å². The number of nitrogens with one attached hydrogen (secondary N) is 2. The molecule has 1 aliphatic heterocycles. The zero-order chi connectivity index (χ0) is 18.5. The van der Waals surface area contributed by atoms with E-state index in [4.69, 9.17) is 0 Å². The molecule has 1 aliphatic rings. The highest BCUT2D eigenvalue weighted by atomic mass is 16.2. The quantitative estimate of drug-likeness (QED) is 0.858. The summed E-state index contributed by atoms with van der Waals surface area (Å²) in [4.78, 5) is 16.1. The summed E-state index contributed by atoms with van der Waals surface area (Å²) in [5, 5.41) is 3.07. The fourth-order valence-electron chi connectivity index (χ4n) is 3.61. The molecule has 0 atom stereocenters. The lowest BCUT2D eigenvalue weighted by molar-refractivity contribution is -0.892. The van der Waals surface area contributed by atoms with E-state index in [-0.39, 0.29) is 5.91 Å². The van der Waals surface area contributed by atoms with Crippen LogP contribution in [0.15, 0.2) is 42.5 Å². The van der Waals surface area contributed by atoms with Crippen molar-refractivity contribution < 1.29 is 9.69 Å². The van der Waals surface area contributed by atoms with Gasteiger partial charge in [-0.3, -0.25) is 4.79 Å². The molecule has 1 fully saturated rings. The van der Waals surface area contributed by atoms with E-state index >= 15 is 0 Å². The second-order valence-corrected chi connectivity index (χ2v) is 7.34. The van der Waals surface area contributed by atoms with Crippen LogP contribution < -0.4 is 15.1 Å². The summed E-state index contributed by atoms with van der Waals surface area (Å²) in [5.74, 6) is 0.142. The standard InChI is InChI=1S/C22H29N3O/c1-17-8-6-10-21(19(17)3)25-13-11-24(12-14-25)16-22(26)23-15-20-9-5-4-7-18(20)2/h4-10H,11-16H2,1-3H3,(H,23,26)/p+1. The van der Waals surface area contributed by atoms with Gasteiger partial charge in [0.1, 0.15) is 0 Å². The SMILES string of the molecule is Cc1ccccc1CNC(=O)C[NH+]1CCN(c2cccc(C)c2C)CC1. The number of amides is 1. The van der Waals surface area contributed by atoms with Gasteiger partial charge in [-0.25, -0.2) is 0 Å². The number of nitrogens with zero attached hydrogens (tertiary/aromatic N) is 1. The maximum atomic E-state index is 12.3. The average Bonchev–Trinajstić information content (AvgIpc) is 2.64. The number of hydrogen-bond acceptors (Lipinski definition) is 2. The fraction of sp³-hybridized carbons (Fsp3) is 0.409. The third-order valence-electron chi connectivity index (χ3n) is 5.54. The van der Waals surface area contributed by atoms with Gasteiger partial charge in [0.2, 0.25) is 0 Å². The monoisotopic (exact) mass is 352 g/mol. The first-order valence-corrected chi connectivity index (χ1v) is 9.50. The molecule has 26 heavy (non-hydrogen) atoms. The minimum Gasteiger partial charge on any atom is -0.360 e. The van der Waals surface area contributed by atoms with Crippen molar-refractivity contribution >= 4 is 11.6 Å². The fourth-order valence-corrected chi connectivity index (χ4v) is 3.61. The van der Waals surface area contributed by atoms with Gasteiger partial charge in [-0.15, -0.1) is 0 Å². The second-order valence-electron chi connectivity index (χ2n) is 7.34. The third-order valence-corrected chi connectivity index (χ3v) is 5.54. The van der Waals surface area contributed by atoms with Gasteiger partial charge in [0.05, 0.1) is 26.2 Å². The molecular formula is C22H30N3O+. The average molecular weight is 353 g/mol. The summed E-state index contributed by atoms with van der Waals surface area (Å²) >= 11 is 0. The number of carbonyl (C=O) groups excluding carboxylic acids is 1. The highest BCUT2D eigenvalue weighted by Gasteiger charge is 2.23. The summed E-state index contributed by atoms with van der Waals surface area (Å²) < 4.78 is 0. The van der Waals surface area contributed by atoms with Gasteiger partial charge < -0.3 is 15.1 Å². The van der Waals surface area contributed by atoms with E-state index in [1.807, 2.05) is 12.1 Å².